The molecule has 0 saturated heterocycles. The maximum atomic E-state index is 11.6. The molecule has 0 unspecified atom stereocenters. The van der Waals surface area contributed by atoms with E-state index in [1.54, 1.807) is 4.90 Å². The van der Waals surface area contributed by atoms with Gasteiger partial charge in [0.1, 0.15) is 18.0 Å². The number of nitrogens with one attached hydrogen (secondary N) is 2. The van der Waals surface area contributed by atoms with Crippen molar-refractivity contribution in [2.24, 2.45) is 0 Å². The van der Waals surface area contributed by atoms with E-state index >= 15 is 0 Å². The van der Waals surface area contributed by atoms with Crippen molar-refractivity contribution in [3.05, 3.63) is 12.4 Å². The molecular formula is C12H21N5O. The summed E-state index contributed by atoms with van der Waals surface area (Å²) in [7, 11) is 1.84. The van der Waals surface area contributed by atoms with Gasteiger partial charge >= 0.3 is 0 Å². The van der Waals surface area contributed by atoms with Crippen molar-refractivity contribution in [2.75, 3.05) is 36.9 Å². The first kappa shape index (κ1) is 14.2. The lowest BCUT2D eigenvalue weighted by Crippen LogP contribution is -2.35. The molecule has 1 rings (SSSR count). The minimum atomic E-state index is 0.00274. The molecule has 0 aromatic carbocycles. The van der Waals surface area contributed by atoms with Crippen LogP contribution < -0.4 is 15.5 Å². The van der Waals surface area contributed by atoms with E-state index in [1.807, 2.05) is 27.0 Å². The lowest BCUT2D eigenvalue weighted by Gasteiger charge is -2.18. The predicted octanol–water partition coefficient (Wildman–Crippen LogP) is 0.871. The van der Waals surface area contributed by atoms with E-state index in [4.69, 9.17) is 0 Å². The summed E-state index contributed by atoms with van der Waals surface area (Å²) in [5.41, 5.74) is 0. The monoisotopic (exact) mass is 251 g/mol. The molecular weight excluding hydrogens is 230 g/mol. The Bertz CT molecular complexity index is 382. The molecule has 0 aliphatic heterocycles. The zero-order chi connectivity index (χ0) is 13.4. The number of rotatable bonds is 7. The molecule has 1 heterocycles. The third-order valence-corrected chi connectivity index (χ3v) is 2.35. The van der Waals surface area contributed by atoms with E-state index in [2.05, 4.69) is 20.6 Å². The van der Waals surface area contributed by atoms with Crippen LogP contribution in [0.3, 0.4) is 0 Å². The molecule has 6 heteroatoms. The van der Waals surface area contributed by atoms with Gasteiger partial charge in [-0.25, -0.2) is 9.97 Å². The van der Waals surface area contributed by atoms with Crippen LogP contribution in [0.25, 0.3) is 0 Å². The van der Waals surface area contributed by atoms with Gasteiger partial charge in [-0.2, -0.15) is 0 Å². The van der Waals surface area contributed by atoms with Crippen LogP contribution in [0.2, 0.25) is 0 Å². The molecule has 0 atom stereocenters. The molecule has 0 radical (unpaired) electrons. The zero-order valence-corrected chi connectivity index (χ0v) is 11.2. The van der Waals surface area contributed by atoms with Gasteiger partial charge < -0.3 is 15.5 Å². The van der Waals surface area contributed by atoms with Gasteiger partial charge in [0.25, 0.3) is 0 Å². The average Bonchev–Trinajstić information content (AvgIpc) is 2.37. The van der Waals surface area contributed by atoms with Gasteiger partial charge in [-0.15, -0.1) is 0 Å². The number of amides is 1. The number of likely N-dealkylation sites (N-methyl/N-ethyl adjacent to an activating group) is 1. The van der Waals surface area contributed by atoms with E-state index < -0.39 is 0 Å². The standard InChI is InChI=1S/C12H21N5O/c1-4-6-14-12(18)8-17(3)11-7-10(13-5-2)15-9-16-11/h7,9H,4-6,8H2,1-3H3,(H,14,18)(H,13,15,16). The van der Waals surface area contributed by atoms with Crippen molar-refractivity contribution in [3.8, 4) is 0 Å². The fourth-order valence-corrected chi connectivity index (χ4v) is 1.45. The van der Waals surface area contributed by atoms with Crippen molar-refractivity contribution >= 4 is 17.5 Å². The van der Waals surface area contributed by atoms with E-state index in [1.165, 1.54) is 6.33 Å². The number of aromatic nitrogens is 2. The van der Waals surface area contributed by atoms with Crippen molar-refractivity contribution < 1.29 is 4.79 Å². The van der Waals surface area contributed by atoms with Crippen LogP contribution in [0.5, 0.6) is 0 Å². The Balaban J connectivity index is 2.57. The Labute approximate surface area is 108 Å². The second-order valence-corrected chi connectivity index (χ2v) is 4.00. The second-order valence-electron chi connectivity index (χ2n) is 4.00. The predicted molar refractivity (Wildman–Crippen MR) is 72.8 cm³/mol. The van der Waals surface area contributed by atoms with E-state index in [0.29, 0.717) is 13.1 Å². The number of hydrogen-bond acceptors (Lipinski definition) is 5. The third kappa shape index (κ3) is 4.57. The van der Waals surface area contributed by atoms with Crippen LogP contribution in [-0.2, 0) is 4.79 Å². The number of hydrogen-bond donors (Lipinski definition) is 2. The lowest BCUT2D eigenvalue weighted by molar-refractivity contribution is -0.119. The first-order valence-corrected chi connectivity index (χ1v) is 6.21. The van der Waals surface area contributed by atoms with Crippen LogP contribution in [0.1, 0.15) is 20.3 Å². The molecule has 0 bridgehead atoms. The molecule has 1 amide bonds. The summed E-state index contributed by atoms with van der Waals surface area (Å²) in [6, 6.07) is 1.83. The number of nitrogens with zero attached hydrogens (tertiary/aromatic N) is 3. The Kier molecular flexibility index (Phi) is 5.90. The van der Waals surface area contributed by atoms with Gasteiger partial charge in [-0.3, -0.25) is 4.79 Å². The maximum absolute atomic E-state index is 11.6. The quantitative estimate of drug-likeness (QED) is 0.752. The maximum Gasteiger partial charge on any atom is 0.239 e. The molecule has 1 aromatic rings. The van der Waals surface area contributed by atoms with Gasteiger partial charge in [0, 0.05) is 26.2 Å². The minimum Gasteiger partial charge on any atom is -0.370 e. The molecule has 0 aliphatic rings. The summed E-state index contributed by atoms with van der Waals surface area (Å²) in [6.45, 7) is 5.83. The lowest BCUT2D eigenvalue weighted by atomic mass is 10.4. The largest absolute Gasteiger partial charge is 0.370 e. The van der Waals surface area contributed by atoms with Crippen molar-refractivity contribution in [3.63, 3.8) is 0 Å². The summed E-state index contributed by atoms with van der Waals surface area (Å²) in [6.07, 6.45) is 2.43. The van der Waals surface area contributed by atoms with Crippen molar-refractivity contribution in [1.29, 1.82) is 0 Å². The summed E-state index contributed by atoms with van der Waals surface area (Å²) in [5.74, 6) is 1.50. The fraction of sp³-hybridized carbons (Fsp3) is 0.583. The van der Waals surface area contributed by atoms with Crippen LogP contribution >= 0.6 is 0 Å². The Morgan fingerprint density at radius 2 is 2.17 bits per heavy atom. The van der Waals surface area contributed by atoms with Crippen LogP contribution in [0.15, 0.2) is 12.4 Å². The molecule has 2 N–H and O–H groups in total. The van der Waals surface area contributed by atoms with Crippen LogP contribution in [0.4, 0.5) is 11.6 Å². The topological polar surface area (TPSA) is 70.2 Å². The van der Waals surface area contributed by atoms with Gasteiger partial charge in [0.2, 0.25) is 5.91 Å². The third-order valence-electron chi connectivity index (χ3n) is 2.35. The van der Waals surface area contributed by atoms with E-state index in [0.717, 1.165) is 24.6 Å². The number of carbonyl (C=O) groups excluding carboxylic acids is 1. The summed E-state index contributed by atoms with van der Waals surface area (Å²) >= 11 is 0. The highest BCUT2D eigenvalue weighted by atomic mass is 16.2. The summed E-state index contributed by atoms with van der Waals surface area (Å²) < 4.78 is 0. The normalized spacial score (nSPS) is 9.94. The van der Waals surface area contributed by atoms with Gasteiger partial charge in [0.15, 0.2) is 0 Å². The SMILES string of the molecule is CCCNC(=O)CN(C)c1cc(NCC)ncn1. The van der Waals surface area contributed by atoms with Crippen LogP contribution in [0, 0.1) is 0 Å². The van der Waals surface area contributed by atoms with Crippen LogP contribution in [-0.4, -0.2) is 42.6 Å². The molecule has 0 spiro atoms. The molecule has 0 saturated carbocycles. The smallest absolute Gasteiger partial charge is 0.239 e. The van der Waals surface area contributed by atoms with Gasteiger partial charge in [-0.1, -0.05) is 6.92 Å². The number of anilines is 2. The summed E-state index contributed by atoms with van der Waals surface area (Å²) in [4.78, 5) is 21.6. The van der Waals surface area contributed by atoms with E-state index in [9.17, 15) is 4.79 Å². The fourth-order valence-electron chi connectivity index (χ4n) is 1.45. The Morgan fingerprint density at radius 1 is 1.39 bits per heavy atom. The Morgan fingerprint density at radius 3 is 2.83 bits per heavy atom. The van der Waals surface area contributed by atoms with Gasteiger partial charge in [0.05, 0.1) is 6.54 Å². The first-order chi connectivity index (χ1) is 8.67. The molecule has 0 fully saturated rings. The molecule has 6 nitrogen and oxygen atoms in total. The first-order valence-electron chi connectivity index (χ1n) is 6.21. The van der Waals surface area contributed by atoms with E-state index in [-0.39, 0.29) is 5.91 Å². The Hall–Kier alpha value is -1.85. The number of carbonyl (C=O) groups is 1. The van der Waals surface area contributed by atoms with Crippen molar-refractivity contribution in [1.82, 2.24) is 15.3 Å². The average molecular weight is 251 g/mol. The molecule has 18 heavy (non-hydrogen) atoms. The molecule has 0 aliphatic carbocycles. The van der Waals surface area contributed by atoms with Gasteiger partial charge in [-0.05, 0) is 13.3 Å². The summed E-state index contributed by atoms with van der Waals surface area (Å²) in [5, 5.41) is 5.95. The highest BCUT2D eigenvalue weighted by Gasteiger charge is 2.08. The highest BCUT2D eigenvalue weighted by molar-refractivity contribution is 5.80. The zero-order valence-electron chi connectivity index (χ0n) is 11.2. The second kappa shape index (κ2) is 7.47. The van der Waals surface area contributed by atoms with Crippen molar-refractivity contribution in [2.45, 2.75) is 20.3 Å². The highest BCUT2D eigenvalue weighted by Crippen LogP contribution is 2.11. The molecule has 1 aromatic heterocycles. The molecule has 100 valence electrons. The minimum absolute atomic E-state index is 0.00274.